The van der Waals surface area contributed by atoms with Crippen molar-refractivity contribution in [2.45, 2.75) is 18.4 Å². The second kappa shape index (κ2) is 5.92. The minimum absolute atomic E-state index is 0.0626. The second-order valence-electron chi connectivity index (χ2n) is 4.07. The Balaban J connectivity index is 2.38. The van der Waals surface area contributed by atoms with Gasteiger partial charge in [0, 0.05) is 9.64 Å². The first-order chi connectivity index (χ1) is 9.33. The van der Waals surface area contributed by atoms with Gasteiger partial charge in [-0.3, -0.25) is 4.72 Å². The van der Waals surface area contributed by atoms with Crippen molar-refractivity contribution in [3.05, 3.63) is 44.4 Å². The monoisotopic (exact) mass is 426 g/mol. The number of furan rings is 1. The molecule has 0 atom stereocenters. The number of hydrogen-bond acceptors (Lipinski definition) is 4. The fourth-order valence-corrected chi connectivity index (χ4v) is 3.91. The molecule has 0 aliphatic rings. The van der Waals surface area contributed by atoms with Gasteiger partial charge in [-0.25, -0.2) is 8.42 Å². The summed E-state index contributed by atoms with van der Waals surface area (Å²) in [6.07, 6.45) is 0. The largest absolute Gasteiger partial charge is 0.464 e. The molecule has 108 valence electrons. The van der Waals surface area contributed by atoms with Gasteiger partial charge in [0.1, 0.15) is 16.4 Å². The summed E-state index contributed by atoms with van der Waals surface area (Å²) in [5, 5.41) is 0.334. The van der Waals surface area contributed by atoms with Gasteiger partial charge in [0.05, 0.1) is 17.3 Å². The van der Waals surface area contributed by atoms with Gasteiger partial charge in [-0.15, -0.1) is 0 Å². The van der Waals surface area contributed by atoms with Gasteiger partial charge in [-0.2, -0.15) is 0 Å². The fourth-order valence-electron chi connectivity index (χ4n) is 1.66. The summed E-state index contributed by atoms with van der Waals surface area (Å²) >= 11 is 8.11. The van der Waals surface area contributed by atoms with Crippen LogP contribution in [-0.2, 0) is 16.6 Å². The van der Waals surface area contributed by atoms with Crippen LogP contribution < -0.4 is 10.5 Å². The van der Waals surface area contributed by atoms with Gasteiger partial charge in [0.2, 0.25) is 0 Å². The zero-order valence-electron chi connectivity index (χ0n) is 10.5. The predicted molar refractivity (Wildman–Crippen MR) is 86.3 cm³/mol. The lowest BCUT2D eigenvalue weighted by Crippen LogP contribution is -2.13. The van der Waals surface area contributed by atoms with Gasteiger partial charge in [-0.1, -0.05) is 11.6 Å². The zero-order chi connectivity index (χ0) is 14.9. The van der Waals surface area contributed by atoms with E-state index < -0.39 is 10.0 Å². The average molecular weight is 427 g/mol. The first-order valence-corrected chi connectivity index (χ1v) is 8.54. The van der Waals surface area contributed by atoms with Crippen molar-refractivity contribution in [1.82, 2.24) is 0 Å². The molecule has 0 amide bonds. The zero-order valence-corrected chi connectivity index (χ0v) is 14.2. The molecule has 20 heavy (non-hydrogen) atoms. The van der Waals surface area contributed by atoms with Crippen molar-refractivity contribution in [3.63, 3.8) is 0 Å². The average Bonchev–Trinajstić information content (AvgIpc) is 2.75. The van der Waals surface area contributed by atoms with Gasteiger partial charge >= 0.3 is 0 Å². The lowest BCUT2D eigenvalue weighted by molar-refractivity contribution is 0.479. The highest BCUT2D eigenvalue weighted by molar-refractivity contribution is 14.1. The molecule has 0 saturated carbocycles. The van der Waals surface area contributed by atoms with E-state index >= 15 is 0 Å². The molecule has 0 bridgehead atoms. The molecule has 0 saturated heterocycles. The fraction of sp³-hybridized carbons (Fsp3) is 0.167. The molecule has 2 rings (SSSR count). The first-order valence-electron chi connectivity index (χ1n) is 5.60. The van der Waals surface area contributed by atoms with Crippen LogP contribution in [0.25, 0.3) is 0 Å². The Kier molecular flexibility index (Phi) is 4.62. The first kappa shape index (κ1) is 15.6. The standard InChI is InChI=1S/C12H12ClIN2O3S/c1-7-12(5-9(6-15)19-7)20(17,18)16-11-3-2-8(14)4-10(11)13/h2-5,16H,6,15H2,1H3. The van der Waals surface area contributed by atoms with Crippen LogP contribution in [-0.4, -0.2) is 8.42 Å². The summed E-state index contributed by atoms with van der Waals surface area (Å²) in [7, 11) is -3.75. The molecule has 5 nitrogen and oxygen atoms in total. The van der Waals surface area contributed by atoms with Crippen LogP contribution in [0.2, 0.25) is 5.02 Å². The van der Waals surface area contributed by atoms with E-state index in [9.17, 15) is 8.42 Å². The van der Waals surface area contributed by atoms with Crippen LogP contribution in [0.15, 0.2) is 33.6 Å². The Morgan fingerprint density at radius 2 is 2.10 bits per heavy atom. The van der Waals surface area contributed by atoms with Gasteiger partial charge in [0.15, 0.2) is 0 Å². The molecule has 3 N–H and O–H groups in total. The van der Waals surface area contributed by atoms with Crippen molar-refractivity contribution < 1.29 is 12.8 Å². The third-order valence-electron chi connectivity index (χ3n) is 2.59. The molecule has 0 unspecified atom stereocenters. The van der Waals surface area contributed by atoms with Crippen LogP contribution in [0.1, 0.15) is 11.5 Å². The quantitative estimate of drug-likeness (QED) is 0.736. The van der Waals surface area contributed by atoms with E-state index in [4.69, 9.17) is 21.8 Å². The molecule has 1 heterocycles. The van der Waals surface area contributed by atoms with Crippen LogP contribution in [0.4, 0.5) is 5.69 Å². The maximum absolute atomic E-state index is 12.3. The molecule has 0 spiro atoms. The lowest BCUT2D eigenvalue weighted by atomic mass is 10.3. The number of aryl methyl sites for hydroxylation is 1. The van der Waals surface area contributed by atoms with E-state index in [0.29, 0.717) is 22.2 Å². The second-order valence-corrected chi connectivity index (χ2v) is 7.37. The minimum Gasteiger partial charge on any atom is -0.464 e. The molecule has 0 fully saturated rings. The number of hydrogen-bond donors (Lipinski definition) is 2. The number of halogens is 2. The number of benzene rings is 1. The number of nitrogens with two attached hydrogens (primary N) is 1. The molecule has 8 heteroatoms. The minimum atomic E-state index is -3.75. The van der Waals surface area contributed by atoms with E-state index in [1.807, 2.05) is 0 Å². The maximum Gasteiger partial charge on any atom is 0.265 e. The molecule has 0 aliphatic heterocycles. The number of anilines is 1. The Morgan fingerprint density at radius 3 is 2.65 bits per heavy atom. The third-order valence-corrected chi connectivity index (χ3v) is 5.05. The smallest absolute Gasteiger partial charge is 0.265 e. The topological polar surface area (TPSA) is 85.3 Å². The predicted octanol–water partition coefficient (Wildman–Crippen LogP) is 3.11. The number of nitrogens with one attached hydrogen (secondary N) is 1. The van der Waals surface area contributed by atoms with Crippen molar-refractivity contribution in [1.29, 1.82) is 0 Å². The van der Waals surface area contributed by atoms with Crippen LogP contribution in [0.5, 0.6) is 0 Å². The maximum atomic E-state index is 12.3. The lowest BCUT2D eigenvalue weighted by Gasteiger charge is -2.09. The van der Waals surface area contributed by atoms with Crippen molar-refractivity contribution in [2.75, 3.05) is 4.72 Å². The Labute approximate surface area is 135 Å². The molecular weight excluding hydrogens is 415 g/mol. The number of rotatable bonds is 4. The molecular formula is C12H12ClIN2O3S. The summed E-state index contributed by atoms with van der Waals surface area (Å²) in [6, 6.07) is 6.46. The summed E-state index contributed by atoms with van der Waals surface area (Å²) in [6.45, 7) is 1.71. The van der Waals surface area contributed by atoms with Crippen LogP contribution in [0, 0.1) is 10.5 Å². The highest BCUT2D eigenvalue weighted by Gasteiger charge is 2.22. The van der Waals surface area contributed by atoms with Gasteiger partial charge < -0.3 is 10.2 Å². The van der Waals surface area contributed by atoms with E-state index in [1.54, 1.807) is 25.1 Å². The van der Waals surface area contributed by atoms with E-state index in [-0.39, 0.29) is 11.4 Å². The summed E-state index contributed by atoms with van der Waals surface area (Å²) in [4.78, 5) is 0.0626. The Bertz CT molecular complexity index is 743. The van der Waals surface area contributed by atoms with Crippen molar-refractivity contribution in [3.8, 4) is 0 Å². The summed E-state index contributed by atoms with van der Waals surface area (Å²) in [5.74, 6) is 0.705. The van der Waals surface area contributed by atoms with E-state index in [2.05, 4.69) is 27.3 Å². The number of sulfonamides is 1. The van der Waals surface area contributed by atoms with Crippen molar-refractivity contribution >= 4 is 49.9 Å². The summed E-state index contributed by atoms with van der Waals surface area (Å²) in [5.41, 5.74) is 5.76. The SMILES string of the molecule is Cc1oc(CN)cc1S(=O)(=O)Nc1ccc(I)cc1Cl. The van der Waals surface area contributed by atoms with Gasteiger partial charge in [0.25, 0.3) is 10.0 Å². The summed E-state index contributed by atoms with van der Waals surface area (Å²) < 4.78 is 33.3. The highest BCUT2D eigenvalue weighted by Crippen LogP contribution is 2.28. The third kappa shape index (κ3) is 3.27. The van der Waals surface area contributed by atoms with Crippen LogP contribution in [0.3, 0.4) is 0 Å². The molecule has 1 aromatic carbocycles. The van der Waals surface area contributed by atoms with E-state index in [1.165, 1.54) is 6.07 Å². The molecule has 1 aromatic heterocycles. The van der Waals surface area contributed by atoms with Crippen molar-refractivity contribution in [2.24, 2.45) is 5.73 Å². The molecule has 0 aliphatic carbocycles. The normalized spacial score (nSPS) is 11.6. The Morgan fingerprint density at radius 1 is 1.40 bits per heavy atom. The molecule has 2 aromatic rings. The Hall–Kier alpha value is -0.770. The highest BCUT2D eigenvalue weighted by atomic mass is 127. The van der Waals surface area contributed by atoms with Gasteiger partial charge in [-0.05, 0) is 47.7 Å². The van der Waals surface area contributed by atoms with E-state index in [0.717, 1.165) is 3.57 Å². The van der Waals surface area contributed by atoms with Crippen LogP contribution >= 0.6 is 34.2 Å². The molecule has 0 radical (unpaired) electrons.